The van der Waals surface area contributed by atoms with E-state index >= 15 is 0 Å². The van der Waals surface area contributed by atoms with Gasteiger partial charge in [-0.15, -0.1) is 6.58 Å². The average Bonchev–Trinajstić information content (AvgIpc) is 2.60. The topological polar surface area (TPSA) is 49.4 Å². The zero-order valence-corrected chi connectivity index (χ0v) is 12.4. The van der Waals surface area contributed by atoms with E-state index < -0.39 is 6.04 Å². The van der Waals surface area contributed by atoms with Gasteiger partial charge in [-0.05, 0) is 18.9 Å². The molecule has 1 fully saturated rings. The van der Waals surface area contributed by atoms with Gasteiger partial charge in [0.15, 0.2) is 0 Å². The summed E-state index contributed by atoms with van der Waals surface area (Å²) in [5.74, 6) is -0.0587. The number of nitrogens with zero attached hydrogens (tertiary/aromatic N) is 1. The average molecular weight is 286 g/mol. The third-order valence-electron chi connectivity index (χ3n) is 3.82. The molecule has 0 radical (unpaired) electrons. The summed E-state index contributed by atoms with van der Waals surface area (Å²) in [7, 11) is 0. The number of hydrogen-bond acceptors (Lipinski definition) is 2. The van der Waals surface area contributed by atoms with Crippen molar-refractivity contribution in [2.45, 2.75) is 38.3 Å². The van der Waals surface area contributed by atoms with Crippen LogP contribution in [0.15, 0.2) is 43.0 Å². The summed E-state index contributed by atoms with van der Waals surface area (Å²) < 4.78 is 0. The first-order valence-electron chi connectivity index (χ1n) is 7.36. The van der Waals surface area contributed by atoms with Crippen molar-refractivity contribution in [1.29, 1.82) is 0 Å². The largest absolute Gasteiger partial charge is 0.344 e. The van der Waals surface area contributed by atoms with Gasteiger partial charge in [0, 0.05) is 25.4 Å². The normalized spacial score (nSPS) is 20.6. The van der Waals surface area contributed by atoms with Gasteiger partial charge in [-0.1, -0.05) is 36.4 Å². The molecule has 1 aromatic carbocycles. The van der Waals surface area contributed by atoms with Crippen LogP contribution >= 0.6 is 0 Å². The number of benzene rings is 1. The molecule has 2 amide bonds. The summed E-state index contributed by atoms with van der Waals surface area (Å²) in [6.07, 6.45) is 3.43. The second-order valence-corrected chi connectivity index (χ2v) is 5.46. The standard InChI is InChI=1S/C17H22N2O2/c1-3-7-13(2)19-11-10-16(20)18-15(17(19)21)12-14-8-5-4-6-9-14/h3-6,8-9,13,15H,1,7,10-12H2,2H3,(H,18,20). The van der Waals surface area contributed by atoms with Gasteiger partial charge in [0.25, 0.3) is 0 Å². The van der Waals surface area contributed by atoms with Crippen molar-refractivity contribution >= 4 is 11.8 Å². The Morgan fingerprint density at radius 2 is 2.10 bits per heavy atom. The fourth-order valence-electron chi connectivity index (χ4n) is 2.65. The van der Waals surface area contributed by atoms with Crippen LogP contribution in [0.5, 0.6) is 0 Å². The number of amides is 2. The van der Waals surface area contributed by atoms with Crippen LogP contribution in [0.3, 0.4) is 0 Å². The molecule has 1 saturated heterocycles. The lowest BCUT2D eigenvalue weighted by Gasteiger charge is -2.29. The molecule has 1 heterocycles. The maximum Gasteiger partial charge on any atom is 0.245 e. The fourth-order valence-corrected chi connectivity index (χ4v) is 2.65. The minimum absolute atomic E-state index is 0.000877. The van der Waals surface area contributed by atoms with Crippen molar-refractivity contribution in [3.63, 3.8) is 0 Å². The van der Waals surface area contributed by atoms with Crippen molar-refractivity contribution in [2.75, 3.05) is 6.54 Å². The van der Waals surface area contributed by atoms with Crippen LogP contribution in [0.4, 0.5) is 0 Å². The molecule has 0 bridgehead atoms. The van der Waals surface area contributed by atoms with E-state index in [1.54, 1.807) is 4.90 Å². The zero-order chi connectivity index (χ0) is 15.2. The first kappa shape index (κ1) is 15.3. The van der Waals surface area contributed by atoms with Gasteiger partial charge in [0.05, 0.1) is 0 Å². The third-order valence-corrected chi connectivity index (χ3v) is 3.82. The number of rotatable bonds is 5. The van der Waals surface area contributed by atoms with Crippen molar-refractivity contribution in [2.24, 2.45) is 0 Å². The fraction of sp³-hybridized carbons (Fsp3) is 0.412. The van der Waals surface area contributed by atoms with Gasteiger partial charge >= 0.3 is 0 Å². The highest BCUT2D eigenvalue weighted by molar-refractivity contribution is 5.90. The van der Waals surface area contributed by atoms with Crippen LogP contribution in [0.25, 0.3) is 0 Å². The number of nitrogens with one attached hydrogen (secondary N) is 1. The van der Waals surface area contributed by atoms with Gasteiger partial charge in [0.1, 0.15) is 6.04 Å². The predicted octanol–water partition coefficient (Wildman–Crippen LogP) is 1.91. The molecule has 1 N–H and O–H groups in total. The molecule has 0 spiro atoms. The molecule has 1 aromatic rings. The van der Waals surface area contributed by atoms with Crippen LogP contribution in [-0.2, 0) is 16.0 Å². The molecule has 2 unspecified atom stereocenters. The molecule has 4 nitrogen and oxygen atoms in total. The van der Waals surface area contributed by atoms with Crippen LogP contribution in [0.2, 0.25) is 0 Å². The first-order valence-corrected chi connectivity index (χ1v) is 7.36. The first-order chi connectivity index (χ1) is 10.1. The van der Waals surface area contributed by atoms with Gasteiger partial charge in [-0.25, -0.2) is 0 Å². The lowest BCUT2D eigenvalue weighted by Crippen LogP contribution is -2.48. The predicted molar refractivity (Wildman–Crippen MR) is 82.7 cm³/mol. The highest BCUT2D eigenvalue weighted by Crippen LogP contribution is 2.14. The number of carbonyl (C=O) groups is 2. The zero-order valence-electron chi connectivity index (χ0n) is 12.4. The molecule has 2 rings (SSSR count). The summed E-state index contributed by atoms with van der Waals surface area (Å²) in [6.45, 7) is 6.20. The van der Waals surface area contributed by atoms with Crippen LogP contribution in [0.1, 0.15) is 25.3 Å². The molecule has 1 aliphatic rings. The minimum atomic E-state index is -0.477. The van der Waals surface area contributed by atoms with E-state index in [4.69, 9.17) is 0 Å². The maximum atomic E-state index is 12.7. The van der Waals surface area contributed by atoms with Gasteiger partial charge in [0.2, 0.25) is 11.8 Å². The Morgan fingerprint density at radius 3 is 2.76 bits per heavy atom. The third kappa shape index (κ3) is 3.94. The summed E-state index contributed by atoms with van der Waals surface area (Å²) in [4.78, 5) is 26.3. The Morgan fingerprint density at radius 1 is 1.38 bits per heavy atom. The Balaban J connectivity index is 2.15. The molecule has 21 heavy (non-hydrogen) atoms. The van der Waals surface area contributed by atoms with E-state index in [-0.39, 0.29) is 17.9 Å². The molecule has 2 atom stereocenters. The Labute approximate surface area is 125 Å². The Hall–Kier alpha value is -2.10. The van der Waals surface area contributed by atoms with Crippen LogP contribution < -0.4 is 5.32 Å². The van der Waals surface area contributed by atoms with Crippen LogP contribution in [0, 0.1) is 0 Å². The SMILES string of the molecule is C=CCC(C)N1CCC(=O)NC(Cc2ccccc2)C1=O. The number of carbonyl (C=O) groups excluding carboxylic acids is 2. The van der Waals surface area contributed by atoms with E-state index in [0.717, 1.165) is 12.0 Å². The summed E-state index contributed by atoms with van der Waals surface area (Å²) in [5, 5.41) is 2.85. The molecule has 0 aliphatic carbocycles. The second-order valence-electron chi connectivity index (χ2n) is 5.46. The quantitative estimate of drug-likeness (QED) is 0.841. The molecule has 4 heteroatoms. The molecule has 1 aliphatic heterocycles. The molecule has 112 valence electrons. The van der Waals surface area contributed by atoms with Gasteiger partial charge < -0.3 is 10.2 Å². The summed E-state index contributed by atoms with van der Waals surface area (Å²) in [6, 6.07) is 9.36. The molecular formula is C17H22N2O2. The second kappa shape index (κ2) is 7.07. The van der Waals surface area contributed by atoms with E-state index in [2.05, 4.69) is 11.9 Å². The summed E-state index contributed by atoms with van der Waals surface area (Å²) in [5.41, 5.74) is 1.05. The maximum absolute atomic E-state index is 12.7. The molecule has 0 saturated carbocycles. The Bertz CT molecular complexity index is 513. The van der Waals surface area contributed by atoms with E-state index in [1.807, 2.05) is 43.3 Å². The lowest BCUT2D eigenvalue weighted by molar-refractivity contribution is -0.135. The van der Waals surface area contributed by atoms with E-state index in [0.29, 0.717) is 19.4 Å². The lowest BCUT2D eigenvalue weighted by atomic mass is 10.0. The Kier molecular flexibility index (Phi) is 5.14. The van der Waals surface area contributed by atoms with Gasteiger partial charge in [-0.2, -0.15) is 0 Å². The smallest absolute Gasteiger partial charge is 0.245 e. The van der Waals surface area contributed by atoms with Crippen molar-refractivity contribution < 1.29 is 9.59 Å². The van der Waals surface area contributed by atoms with Crippen molar-refractivity contribution in [1.82, 2.24) is 10.2 Å². The molecule has 0 aromatic heterocycles. The highest BCUT2D eigenvalue weighted by Gasteiger charge is 2.31. The summed E-state index contributed by atoms with van der Waals surface area (Å²) >= 11 is 0. The molecular weight excluding hydrogens is 264 g/mol. The van der Waals surface area contributed by atoms with E-state index in [9.17, 15) is 9.59 Å². The van der Waals surface area contributed by atoms with E-state index in [1.165, 1.54) is 0 Å². The van der Waals surface area contributed by atoms with Crippen molar-refractivity contribution in [3.05, 3.63) is 48.6 Å². The minimum Gasteiger partial charge on any atom is -0.344 e. The monoisotopic (exact) mass is 286 g/mol. The van der Waals surface area contributed by atoms with Crippen molar-refractivity contribution in [3.8, 4) is 0 Å². The van der Waals surface area contributed by atoms with Crippen LogP contribution in [-0.4, -0.2) is 35.3 Å². The number of hydrogen-bond donors (Lipinski definition) is 1. The van der Waals surface area contributed by atoms with Gasteiger partial charge in [-0.3, -0.25) is 9.59 Å². The highest BCUT2D eigenvalue weighted by atomic mass is 16.2.